The summed E-state index contributed by atoms with van der Waals surface area (Å²) in [6.45, 7) is 0.803. The maximum atomic E-state index is 13.3. The van der Waals surface area contributed by atoms with Crippen molar-refractivity contribution in [2.24, 2.45) is 0 Å². The van der Waals surface area contributed by atoms with Gasteiger partial charge in [0.15, 0.2) is 5.76 Å². The minimum atomic E-state index is 0.0351. The van der Waals surface area contributed by atoms with Gasteiger partial charge in [-0.2, -0.15) is 0 Å². The summed E-state index contributed by atoms with van der Waals surface area (Å²) in [5.41, 5.74) is 2.77. The predicted octanol–water partition coefficient (Wildman–Crippen LogP) is 4.97. The van der Waals surface area contributed by atoms with Gasteiger partial charge in [-0.3, -0.25) is 4.79 Å². The molecule has 2 heterocycles. The Balaban J connectivity index is 1.52. The van der Waals surface area contributed by atoms with Gasteiger partial charge in [0.1, 0.15) is 5.56 Å². The normalized spacial score (nSPS) is 17.0. The van der Waals surface area contributed by atoms with Crippen LogP contribution in [-0.2, 0) is 6.42 Å². The van der Waals surface area contributed by atoms with E-state index in [1.54, 1.807) is 6.20 Å². The molecule has 0 radical (unpaired) electrons. The van der Waals surface area contributed by atoms with Crippen LogP contribution in [0, 0.1) is 0 Å². The van der Waals surface area contributed by atoms with Crippen LogP contribution in [0.1, 0.15) is 41.6 Å². The third-order valence-electron chi connectivity index (χ3n) is 5.33. The van der Waals surface area contributed by atoms with Crippen molar-refractivity contribution in [2.45, 2.75) is 38.1 Å². The van der Waals surface area contributed by atoms with Gasteiger partial charge < -0.3 is 9.42 Å². The number of rotatable bonds is 5. The lowest BCUT2D eigenvalue weighted by atomic mass is 9.95. The zero-order chi connectivity index (χ0) is 18.5. The van der Waals surface area contributed by atoms with Gasteiger partial charge in [0.2, 0.25) is 0 Å². The lowest BCUT2D eigenvalue weighted by Gasteiger charge is -2.36. The van der Waals surface area contributed by atoms with E-state index in [0.717, 1.165) is 37.8 Å². The molecule has 0 N–H and O–H groups in total. The molecular formula is C23H24N2O2. The molecular weight excluding hydrogens is 336 g/mol. The lowest BCUT2D eigenvalue weighted by Crippen LogP contribution is -2.44. The van der Waals surface area contributed by atoms with Gasteiger partial charge in [0, 0.05) is 18.2 Å². The van der Waals surface area contributed by atoms with Crippen molar-refractivity contribution in [3.8, 4) is 11.3 Å². The Morgan fingerprint density at radius 3 is 2.56 bits per heavy atom. The fourth-order valence-corrected chi connectivity index (χ4v) is 3.89. The zero-order valence-electron chi connectivity index (χ0n) is 15.4. The standard InChI is InChI=1S/C23H24N2O2/c26-23(21-17-24-27-22(21)19-11-5-2-6-12-19)25-16-8-7-13-20(25)15-14-18-9-3-1-4-10-18/h1-6,9-12,17,20H,7-8,13-16H2. The molecule has 1 unspecified atom stereocenters. The van der Waals surface area contributed by atoms with Crippen LogP contribution in [0.15, 0.2) is 71.4 Å². The molecule has 1 aliphatic rings. The lowest BCUT2D eigenvalue weighted by molar-refractivity contribution is 0.0602. The summed E-state index contributed by atoms with van der Waals surface area (Å²) in [7, 11) is 0. The van der Waals surface area contributed by atoms with Crippen LogP contribution in [0.3, 0.4) is 0 Å². The molecule has 0 aliphatic carbocycles. The monoisotopic (exact) mass is 360 g/mol. The third-order valence-corrected chi connectivity index (χ3v) is 5.33. The highest BCUT2D eigenvalue weighted by atomic mass is 16.5. The molecule has 1 saturated heterocycles. The summed E-state index contributed by atoms with van der Waals surface area (Å²) in [6, 6.07) is 20.5. The predicted molar refractivity (Wildman–Crippen MR) is 105 cm³/mol. The van der Waals surface area contributed by atoms with Crippen LogP contribution in [0.4, 0.5) is 0 Å². The van der Waals surface area contributed by atoms with Crippen LogP contribution in [0.5, 0.6) is 0 Å². The van der Waals surface area contributed by atoms with Crippen molar-refractivity contribution in [1.29, 1.82) is 0 Å². The number of likely N-dealkylation sites (tertiary alicyclic amines) is 1. The Hall–Kier alpha value is -2.88. The maximum absolute atomic E-state index is 13.3. The van der Waals surface area contributed by atoms with E-state index < -0.39 is 0 Å². The topological polar surface area (TPSA) is 46.3 Å². The number of nitrogens with zero attached hydrogens (tertiary/aromatic N) is 2. The molecule has 4 heteroatoms. The van der Waals surface area contributed by atoms with E-state index in [-0.39, 0.29) is 11.9 Å². The van der Waals surface area contributed by atoms with Crippen molar-refractivity contribution in [1.82, 2.24) is 10.1 Å². The van der Waals surface area contributed by atoms with Gasteiger partial charge in [0.25, 0.3) is 5.91 Å². The molecule has 1 atom stereocenters. The first-order valence-electron chi connectivity index (χ1n) is 9.68. The van der Waals surface area contributed by atoms with Gasteiger partial charge in [-0.1, -0.05) is 65.8 Å². The number of aromatic nitrogens is 1. The second-order valence-electron chi connectivity index (χ2n) is 7.11. The Kier molecular flexibility index (Phi) is 5.33. The molecule has 4 rings (SSSR count). The van der Waals surface area contributed by atoms with Crippen LogP contribution in [0.25, 0.3) is 11.3 Å². The quantitative estimate of drug-likeness (QED) is 0.645. The third kappa shape index (κ3) is 3.95. The fraction of sp³-hybridized carbons (Fsp3) is 0.304. The zero-order valence-corrected chi connectivity index (χ0v) is 15.4. The van der Waals surface area contributed by atoms with Crippen LogP contribution < -0.4 is 0 Å². The molecule has 1 aliphatic heterocycles. The van der Waals surface area contributed by atoms with Gasteiger partial charge in [-0.05, 0) is 37.7 Å². The molecule has 0 spiro atoms. The molecule has 138 valence electrons. The second-order valence-corrected chi connectivity index (χ2v) is 7.11. The average Bonchev–Trinajstić information content (AvgIpc) is 3.23. The molecule has 27 heavy (non-hydrogen) atoms. The van der Waals surface area contributed by atoms with E-state index in [1.807, 2.05) is 41.3 Å². The first-order chi connectivity index (χ1) is 13.3. The number of hydrogen-bond donors (Lipinski definition) is 0. The van der Waals surface area contributed by atoms with Crippen LogP contribution in [0.2, 0.25) is 0 Å². The van der Waals surface area contributed by atoms with E-state index in [1.165, 1.54) is 12.0 Å². The number of aryl methyl sites for hydroxylation is 1. The van der Waals surface area contributed by atoms with Crippen molar-refractivity contribution in [3.63, 3.8) is 0 Å². The Labute approximate surface area is 159 Å². The van der Waals surface area contributed by atoms with Gasteiger partial charge in [-0.25, -0.2) is 0 Å². The van der Waals surface area contributed by atoms with Gasteiger partial charge in [-0.15, -0.1) is 0 Å². The van der Waals surface area contributed by atoms with Crippen molar-refractivity contribution in [3.05, 3.63) is 78.0 Å². The SMILES string of the molecule is O=C(c1cnoc1-c1ccccc1)N1CCCCC1CCc1ccccc1. The Bertz CT molecular complexity index is 874. The van der Waals surface area contributed by atoms with Gasteiger partial charge in [0.05, 0.1) is 6.20 Å². The summed E-state index contributed by atoms with van der Waals surface area (Å²) >= 11 is 0. The second kappa shape index (κ2) is 8.21. The Morgan fingerprint density at radius 1 is 1.04 bits per heavy atom. The number of piperidine rings is 1. The summed E-state index contributed by atoms with van der Waals surface area (Å²) in [5, 5.41) is 3.91. The number of carbonyl (C=O) groups excluding carboxylic acids is 1. The molecule has 2 aromatic carbocycles. The average molecular weight is 360 g/mol. The van der Waals surface area contributed by atoms with E-state index in [4.69, 9.17) is 4.52 Å². The number of benzene rings is 2. The first-order valence-corrected chi connectivity index (χ1v) is 9.68. The smallest absolute Gasteiger partial charge is 0.259 e. The number of amides is 1. The minimum absolute atomic E-state index is 0.0351. The summed E-state index contributed by atoms with van der Waals surface area (Å²) in [4.78, 5) is 15.3. The fourth-order valence-electron chi connectivity index (χ4n) is 3.89. The van der Waals surface area contributed by atoms with E-state index in [0.29, 0.717) is 11.3 Å². The highest BCUT2D eigenvalue weighted by Gasteiger charge is 2.30. The summed E-state index contributed by atoms with van der Waals surface area (Å²) < 4.78 is 5.43. The Morgan fingerprint density at radius 2 is 1.78 bits per heavy atom. The van der Waals surface area contributed by atoms with E-state index in [9.17, 15) is 4.79 Å². The van der Waals surface area contributed by atoms with Crippen LogP contribution >= 0.6 is 0 Å². The molecule has 3 aromatic rings. The molecule has 1 amide bonds. The largest absolute Gasteiger partial charge is 0.355 e. The van der Waals surface area contributed by atoms with Crippen molar-refractivity contribution < 1.29 is 9.32 Å². The molecule has 0 saturated carbocycles. The van der Waals surface area contributed by atoms with Crippen molar-refractivity contribution >= 4 is 5.91 Å². The summed E-state index contributed by atoms with van der Waals surface area (Å²) in [6.07, 6.45) is 6.84. The maximum Gasteiger partial charge on any atom is 0.259 e. The van der Waals surface area contributed by atoms with E-state index >= 15 is 0 Å². The first kappa shape index (κ1) is 17.5. The van der Waals surface area contributed by atoms with Crippen LogP contribution in [-0.4, -0.2) is 28.6 Å². The molecule has 1 fully saturated rings. The highest BCUT2D eigenvalue weighted by Crippen LogP contribution is 2.28. The van der Waals surface area contributed by atoms with E-state index in [2.05, 4.69) is 29.4 Å². The highest BCUT2D eigenvalue weighted by molar-refractivity contribution is 5.99. The molecule has 4 nitrogen and oxygen atoms in total. The van der Waals surface area contributed by atoms with Gasteiger partial charge >= 0.3 is 0 Å². The minimum Gasteiger partial charge on any atom is -0.355 e. The summed E-state index contributed by atoms with van der Waals surface area (Å²) in [5.74, 6) is 0.598. The molecule has 0 bridgehead atoms. The van der Waals surface area contributed by atoms with Crippen molar-refractivity contribution in [2.75, 3.05) is 6.54 Å². The number of carbonyl (C=O) groups is 1. The molecule has 1 aromatic heterocycles. The number of hydrogen-bond acceptors (Lipinski definition) is 3.